The maximum atomic E-state index is 9.30. The summed E-state index contributed by atoms with van der Waals surface area (Å²) in [6.07, 6.45) is 2.85. The van der Waals surface area contributed by atoms with Crippen LogP contribution in [-0.2, 0) is 4.74 Å². The molecule has 142 valence electrons. The van der Waals surface area contributed by atoms with Gasteiger partial charge in [-0.3, -0.25) is 9.89 Å². The highest BCUT2D eigenvalue weighted by Gasteiger charge is 2.34. The molecule has 0 aromatic carbocycles. The number of aliphatic imine (C=N–C) groups is 1. The van der Waals surface area contributed by atoms with Crippen molar-refractivity contribution >= 4 is 5.96 Å². The second-order valence-electron chi connectivity index (χ2n) is 7.41. The van der Waals surface area contributed by atoms with Crippen LogP contribution < -0.4 is 10.6 Å². The minimum absolute atomic E-state index is 0.0401. The lowest BCUT2D eigenvalue weighted by Crippen LogP contribution is -2.45. The molecule has 0 aliphatic carbocycles. The third-order valence-electron chi connectivity index (χ3n) is 4.89. The molecule has 1 heterocycles. The number of hydrogen-bond donors (Lipinski definition) is 3. The van der Waals surface area contributed by atoms with Gasteiger partial charge in [-0.15, -0.1) is 0 Å². The van der Waals surface area contributed by atoms with Gasteiger partial charge in [-0.2, -0.15) is 0 Å². The molecule has 1 rings (SSSR count). The van der Waals surface area contributed by atoms with E-state index in [1.807, 2.05) is 0 Å². The predicted octanol–water partition coefficient (Wildman–Crippen LogP) is 1.45. The molecule has 1 aliphatic heterocycles. The van der Waals surface area contributed by atoms with Crippen molar-refractivity contribution in [2.75, 3.05) is 46.5 Å². The van der Waals surface area contributed by atoms with E-state index in [0.717, 1.165) is 58.1 Å². The number of aliphatic hydroxyl groups excluding tert-OH is 1. The lowest BCUT2D eigenvalue weighted by Gasteiger charge is -2.30. The highest BCUT2D eigenvalue weighted by Crippen LogP contribution is 2.31. The van der Waals surface area contributed by atoms with Crippen LogP contribution in [0, 0.1) is 5.41 Å². The van der Waals surface area contributed by atoms with Gasteiger partial charge >= 0.3 is 0 Å². The molecule has 1 unspecified atom stereocenters. The summed E-state index contributed by atoms with van der Waals surface area (Å²) in [5.74, 6) is 0.833. The minimum atomic E-state index is 0.0401. The van der Waals surface area contributed by atoms with Crippen molar-refractivity contribution in [3.8, 4) is 0 Å². The number of hydrogen-bond acceptors (Lipinski definition) is 4. The highest BCUT2D eigenvalue weighted by atomic mass is 16.5. The number of aliphatic hydroxyl groups is 1. The van der Waals surface area contributed by atoms with Gasteiger partial charge in [0.1, 0.15) is 0 Å². The van der Waals surface area contributed by atoms with Crippen LogP contribution in [0.2, 0.25) is 0 Å². The zero-order valence-corrected chi connectivity index (χ0v) is 16.3. The van der Waals surface area contributed by atoms with Crippen LogP contribution in [0.5, 0.6) is 0 Å². The van der Waals surface area contributed by atoms with Gasteiger partial charge in [-0.1, -0.05) is 0 Å². The SMILES string of the molecule is CN=C(NCCCN(C(C)C)C(C)C)NCC1(CCO)CCOC1. The maximum absolute atomic E-state index is 9.30. The van der Waals surface area contributed by atoms with E-state index >= 15 is 0 Å². The van der Waals surface area contributed by atoms with Gasteiger partial charge in [-0.25, -0.2) is 0 Å². The fraction of sp³-hybridized carbons (Fsp3) is 0.944. The van der Waals surface area contributed by atoms with E-state index in [0.29, 0.717) is 12.1 Å². The normalized spacial score (nSPS) is 22.0. The third kappa shape index (κ3) is 6.95. The Morgan fingerprint density at radius 1 is 1.25 bits per heavy atom. The van der Waals surface area contributed by atoms with Gasteiger partial charge in [-0.05, 0) is 47.0 Å². The van der Waals surface area contributed by atoms with Crippen LogP contribution in [0.1, 0.15) is 47.0 Å². The summed E-state index contributed by atoms with van der Waals surface area (Å²) in [6, 6.07) is 1.14. The topological polar surface area (TPSA) is 69.1 Å². The van der Waals surface area contributed by atoms with Gasteiger partial charge in [0.2, 0.25) is 0 Å². The van der Waals surface area contributed by atoms with Gasteiger partial charge in [0.25, 0.3) is 0 Å². The number of ether oxygens (including phenoxy) is 1. The van der Waals surface area contributed by atoms with E-state index < -0.39 is 0 Å². The second kappa shape index (κ2) is 10.9. The van der Waals surface area contributed by atoms with E-state index in [2.05, 4.69) is 48.2 Å². The zero-order chi connectivity index (χ0) is 18.0. The molecule has 6 heteroatoms. The quantitative estimate of drug-likeness (QED) is 0.318. The average Bonchev–Trinajstić information content (AvgIpc) is 2.98. The largest absolute Gasteiger partial charge is 0.396 e. The van der Waals surface area contributed by atoms with Crippen molar-refractivity contribution in [1.29, 1.82) is 0 Å². The third-order valence-corrected chi connectivity index (χ3v) is 4.89. The summed E-state index contributed by atoms with van der Waals surface area (Å²) in [4.78, 5) is 6.81. The van der Waals surface area contributed by atoms with Crippen LogP contribution in [0.25, 0.3) is 0 Å². The zero-order valence-electron chi connectivity index (χ0n) is 16.3. The molecule has 0 radical (unpaired) electrons. The maximum Gasteiger partial charge on any atom is 0.190 e. The van der Waals surface area contributed by atoms with E-state index in [1.54, 1.807) is 7.05 Å². The molecule has 0 aromatic rings. The van der Waals surface area contributed by atoms with Crippen molar-refractivity contribution in [1.82, 2.24) is 15.5 Å². The van der Waals surface area contributed by atoms with Crippen molar-refractivity contribution < 1.29 is 9.84 Å². The summed E-state index contributed by atoms with van der Waals surface area (Å²) in [5.41, 5.74) is 0.0401. The van der Waals surface area contributed by atoms with Crippen LogP contribution >= 0.6 is 0 Å². The van der Waals surface area contributed by atoms with Crippen LogP contribution in [0.15, 0.2) is 4.99 Å². The molecule has 24 heavy (non-hydrogen) atoms. The Hall–Kier alpha value is -0.850. The predicted molar refractivity (Wildman–Crippen MR) is 101 cm³/mol. The van der Waals surface area contributed by atoms with E-state index in [4.69, 9.17) is 4.74 Å². The van der Waals surface area contributed by atoms with Crippen molar-refractivity contribution in [3.63, 3.8) is 0 Å². The van der Waals surface area contributed by atoms with Gasteiger partial charge in [0.15, 0.2) is 5.96 Å². The van der Waals surface area contributed by atoms with Crippen molar-refractivity contribution in [2.24, 2.45) is 10.4 Å². The Balaban J connectivity index is 2.32. The van der Waals surface area contributed by atoms with Crippen LogP contribution in [-0.4, -0.2) is 74.6 Å². The molecule has 3 N–H and O–H groups in total. The fourth-order valence-electron chi connectivity index (χ4n) is 3.38. The molecule has 6 nitrogen and oxygen atoms in total. The highest BCUT2D eigenvalue weighted by molar-refractivity contribution is 5.79. The Kier molecular flexibility index (Phi) is 9.63. The first-order valence-corrected chi connectivity index (χ1v) is 9.33. The molecule has 0 saturated carbocycles. The van der Waals surface area contributed by atoms with Gasteiger partial charge in [0, 0.05) is 57.4 Å². The summed E-state index contributed by atoms with van der Waals surface area (Å²) in [7, 11) is 1.80. The lowest BCUT2D eigenvalue weighted by atomic mass is 9.84. The number of rotatable bonds is 10. The fourth-order valence-corrected chi connectivity index (χ4v) is 3.38. The summed E-state index contributed by atoms with van der Waals surface area (Å²) in [5, 5.41) is 16.1. The first kappa shape index (κ1) is 21.2. The number of nitrogens with one attached hydrogen (secondary N) is 2. The Labute approximate surface area is 148 Å². The second-order valence-corrected chi connectivity index (χ2v) is 7.41. The molecule has 1 saturated heterocycles. The first-order chi connectivity index (χ1) is 11.4. The van der Waals surface area contributed by atoms with Gasteiger partial charge in [0.05, 0.1) is 6.61 Å². The smallest absolute Gasteiger partial charge is 0.190 e. The first-order valence-electron chi connectivity index (χ1n) is 9.33. The standard InChI is InChI=1S/C18H38N4O2/c1-15(2)22(16(3)4)10-6-9-20-17(19-5)21-13-18(7-11-23)8-12-24-14-18/h15-16,23H,6-14H2,1-5H3,(H2,19,20,21). The lowest BCUT2D eigenvalue weighted by molar-refractivity contribution is 0.127. The Bertz CT molecular complexity index is 358. The summed E-state index contributed by atoms with van der Waals surface area (Å²) in [6.45, 7) is 13.5. The van der Waals surface area contributed by atoms with Crippen molar-refractivity contribution in [3.05, 3.63) is 0 Å². The molecule has 1 atom stereocenters. The molecule has 1 fully saturated rings. The average molecular weight is 343 g/mol. The van der Waals surface area contributed by atoms with E-state index in [1.165, 1.54) is 0 Å². The molecular weight excluding hydrogens is 304 g/mol. The van der Waals surface area contributed by atoms with Crippen LogP contribution in [0.3, 0.4) is 0 Å². The van der Waals surface area contributed by atoms with E-state index in [-0.39, 0.29) is 12.0 Å². The summed E-state index contributed by atoms with van der Waals surface area (Å²) >= 11 is 0. The number of guanidine groups is 1. The monoisotopic (exact) mass is 342 g/mol. The molecular formula is C18H38N4O2. The molecule has 0 aromatic heterocycles. The molecule has 1 aliphatic rings. The minimum Gasteiger partial charge on any atom is -0.396 e. The molecule has 0 spiro atoms. The molecule has 0 amide bonds. The summed E-state index contributed by atoms with van der Waals surface area (Å²) < 4.78 is 5.53. The van der Waals surface area contributed by atoms with Crippen molar-refractivity contribution in [2.45, 2.75) is 59.0 Å². The van der Waals surface area contributed by atoms with Crippen LogP contribution in [0.4, 0.5) is 0 Å². The Morgan fingerprint density at radius 3 is 2.46 bits per heavy atom. The molecule has 0 bridgehead atoms. The number of nitrogens with zero attached hydrogens (tertiary/aromatic N) is 2. The van der Waals surface area contributed by atoms with E-state index in [9.17, 15) is 5.11 Å². The van der Waals surface area contributed by atoms with Gasteiger partial charge < -0.3 is 20.5 Å². The Morgan fingerprint density at radius 2 is 1.96 bits per heavy atom.